The molecule has 0 atom stereocenters. The van der Waals surface area contributed by atoms with E-state index in [4.69, 9.17) is 0 Å². The molecule has 0 bridgehead atoms. The fourth-order valence-electron chi connectivity index (χ4n) is 2.33. The molecule has 0 saturated carbocycles. The molecule has 0 unspecified atom stereocenters. The molecule has 0 saturated heterocycles. The average Bonchev–Trinajstić information content (AvgIpc) is 2.65. The predicted molar refractivity (Wildman–Crippen MR) is 86.9 cm³/mol. The van der Waals surface area contributed by atoms with E-state index in [0.29, 0.717) is 12.8 Å². The quantitative estimate of drug-likeness (QED) is 0.142. The maximum absolute atomic E-state index is 13.6. The molecule has 0 aromatic heterocycles. The van der Waals surface area contributed by atoms with Crippen molar-refractivity contribution in [3.05, 3.63) is 0 Å². The Labute approximate surface area is 183 Å². The van der Waals surface area contributed by atoms with Crippen LogP contribution in [0.2, 0.25) is 0 Å². The summed E-state index contributed by atoms with van der Waals surface area (Å²) in [6.07, 6.45) is 2.84. The van der Waals surface area contributed by atoms with E-state index in [0.717, 1.165) is 18.2 Å². The highest BCUT2D eigenvalue weighted by Gasteiger charge is 2.93. The Balaban J connectivity index is 5.78. The van der Waals surface area contributed by atoms with Crippen molar-refractivity contribution >= 4 is 17.5 Å². The highest BCUT2D eigenvalue weighted by Crippen LogP contribution is 2.62. The molecule has 1 N–H and O–H groups in total. The number of hydrogen-bond donors (Lipinski definition) is 1. The normalized spacial score (nSPS) is 15.0. The minimum Gasteiger partial charge on any atom is -0.351 e. The number of alkyl halides is 15. The van der Waals surface area contributed by atoms with Gasteiger partial charge in [0.05, 0.1) is 0 Å². The van der Waals surface area contributed by atoms with Crippen LogP contribution in [-0.4, -0.2) is 53.4 Å². The van der Waals surface area contributed by atoms with E-state index >= 15 is 0 Å². The van der Waals surface area contributed by atoms with Gasteiger partial charge in [0.15, 0.2) is 0 Å². The van der Waals surface area contributed by atoms with Crippen molar-refractivity contribution in [2.24, 2.45) is 0 Å². The summed E-state index contributed by atoms with van der Waals surface area (Å²) in [6, 6.07) is 0. The Kier molecular flexibility index (Phi) is 9.80. The Bertz CT molecular complexity index is 662. The number of carbonyl (C=O) groups excluding carboxylic acids is 1. The van der Waals surface area contributed by atoms with E-state index < -0.39 is 53.4 Å². The third kappa shape index (κ3) is 5.55. The van der Waals surface area contributed by atoms with E-state index in [-0.39, 0.29) is 12.8 Å². The van der Waals surface area contributed by atoms with Crippen molar-refractivity contribution in [2.45, 2.75) is 86.4 Å². The topological polar surface area (TPSA) is 29.1 Å². The Morgan fingerprint density at radius 2 is 0.970 bits per heavy atom. The maximum atomic E-state index is 13.6. The van der Waals surface area contributed by atoms with Crippen molar-refractivity contribution in [1.29, 1.82) is 0 Å². The average molecular weight is 542 g/mol. The van der Waals surface area contributed by atoms with Crippen molar-refractivity contribution in [1.82, 2.24) is 5.32 Å². The van der Waals surface area contributed by atoms with Crippen LogP contribution in [0.5, 0.6) is 0 Å². The van der Waals surface area contributed by atoms with Crippen LogP contribution in [0, 0.1) is 0 Å². The van der Waals surface area contributed by atoms with Gasteiger partial charge in [-0.05, 0) is 18.0 Å². The van der Waals surface area contributed by atoms with E-state index in [1.165, 1.54) is 0 Å². The van der Waals surface area contributed by atoms with Crippen LogP contribution in [0.25, 0.3) is 0 Å². The summed E-state index contributed by atoms with van der Waals surface area (Å²) in [5, 5.41) is -5.68. The standard InChI is InChI=1S/C16H18ClF14NO/c1-2-3-4-5-6-7-8-32-9(33)10(18,19)11(20,21)12(22,23)13(24,25)14(26,27)15(28,29)16(17,30)31/h2-8H2,1H3,(H,32,33). The lowest BCUT2D eigenvalue weighted by Gasteiger charge is -2.41. The van der Waals surface area contributed by atoms with Gasteiger partial charge in [-0.2, -0.15) is 61.5 Å². The van der Waals surface area contributed by atoms with Crippen molar-refractivity contribution in [3.63, 3.8) is 0 Å². The van der Waals surface area contributed by atoms with Gasteiger partial charge in [-0.25, -0.2) is 0 Å². The number of hydrogen-bond acceptors (Lipinski definition) is 1. The first-order valence-electron chi connectivity index (χ1n) is 9.10. The third-order valence-electron chi connectivity index (χ3n) is 4.43. The molecule has 1 amide bonds. The van der Waals surface area contributed by atoms with Crippen LogP contribution in [0.15, 0.2) is 0 Å². The summed E-state index contributed by atoms with van der Waals surface area (Å²) in [7, 11) is 0. The molecule has 0 heterocycles. The molecule has 0 radical (unpaired) electrons. The van der Waals surface area contributed by atoms with Gasteiger partial charge in [0.25, 0.3) is 5.91 Å². The van der Waals surface area contributed by atoms with Crippen molar-refractivity contribution < 1.29 is 66.3 Å². The summed E-state index contributed by atoms with van der Waals surface area (Å²) in [6.45, 7) is 1.01. The van der Waals surface area contributed by atoms with E-state index in [1.54, 1.807) is 0 Å². The number of unbranched alkanes of at least 4 members (excludes halogenated alkanes) is 5. The molecule has 0 rings (SSSR count). The lowest BCUT2D eigenvalue weighted by atomic mass is 9.91. The number of amides is 1. The molecule has 0 aromatic carbocycles. The zero-order valence-corrected chi connectivity index (χ0v) is 17.3. The lowest BCUT2D eigenvalue weighted by Crippen LogP contribution is -2.73. The molecule has 0 spiro atoms. The van der Waals surface area contributed by atoms with Gasteiger partial charge in [0, 0.05) is 6.54 Å². The molecular formula is C16H18ClF14NO. The highest BCUT2D eigenvalue weighted by molar-refractivity contribution is 6.22. The Morgan fingerprint density at radius 1 is 0.606 bits per heavy atom. The van der Waals surface area contributed by atoms with Gasteiger partial charge in [-0.1, -0.05) is 39.0 Å². The van der Waals surface area contributed by atoms with Gasteiger partial charge < -0.3 is 5.32 Å². The molecule has 198 valence electrons. The Morgan fingerprint density at radius 3 is 1.39 bits per heavy atom. The first-order chi connectivity index (χ1) is 14.5. The first-order valence-corrected chi connectivity index (χ1v) is 9.48. The molecular weight excluding hydrogens is 524 g/mol. The molecule has 33 heavy (non-hydrogen) atoms. The zero-order chi connectivity index (χ0) is 26.7. The fourth-order valence-corrected chi connectivity index (χ4v) is 2.45. The Hall–Kier alpha value is -1.22. The molecule has 0 fully saturated rings. The second kappa shape index (κ2) is 10.2. The van der Waals surface area contributed by atoms with Crippen LogP contribution in [0.3, 0.4) is 0 Å². The van der Waals surface area contributed by atoms with Crippen LogP contribution < -0.4 is 5.32 Å². The monoisotopic (exact) mass is 541 g/mol. The largest absolute Gasteiger partial charge is 0.393 e. The molecule has 2 nitrogen and oxygen atoms in total. The third-order valence-corrected chi connectivity index (χ3v) is 4.67. The van der Waals surface area contributed by atoms with Gasteiger partial charge in [-0.15, -0.1) is 0 Å². The molecule has 17 heteroatoms. The molecule has 0 aromatic rings. The number of nitrogens with one attached hydrogen (secondary N) is 1. The molecule has 0 aliphatic carbocycles. The summed E-state index contributed by atoms with van der Waals surface area (Å²) in [5.41, 5.74) is 0. The van der Waals surface area contributed by atoms with Crippen LogP contribution in [0.4, 0.5) is 61.5 Å². The number of carbonyl (C=O) groups is 1. The van der Waals surface area contributed by atoms with Gasteiger partial charge in [0.2, 0.25) is 0 Å². The van der Waals surface area contributed by atoms with Crippen molar-refractivity contribution in [2.75, 3.05) is 6.54 Å². The molecule has 0 aliphatic rings. The van der Waals surface area contributed by atoms with Gasteiger partial charge in [-0.3, -0.25) is 4.79 Å². The minimum absolute atomic E-state index is 0.154. The lowest BCUT2D eigenvalue weighted by molar-refractivity contribution is -0.431. The number of halogens is 15. The molecule has 0 aliphatic heterocycles. The second-order valence-corrected chi connectivity index (χ2v) is 7.44. The van der Waals surface area contributed by atoms with Gasteiger partial charge in [0.1, 0.15) is 0 Å². The van der Waals surface area contributed by atoms with E-state index in [2.05, 4.69) is 11.6 Å². The summed E-state index contributed by atoms with van der Waals surface area (Å²) in [4.78, 5) is 11.2. The SMILES string of the molecule is CCCCCCCCNC(=O)C(F)(F)C(F)(F)C(F)(F)C(F)(F)C(F)(F)C(F)(F)C(F)(F)Cl. The zero-order valence-electron chi connectivity index (χ0n) is 16.5. The highest BCUT2D eigenvalue weighted by atomic mass is 35.5. The van der Waals surface area contributed by atoms with E-state index in [9.17, 15) is 66.3 Å². The summed E-state index contributed by atoms with van der Waals surface area (Å²) >= 11 is 3.49. The van der Waals surface area contributed by atoms with E-state index in [1.807, 2.05) is 6.92 Å². The van der Waals surface area contributed by atoms with Crippen LogP contribution >= 0.6 is 11.6 Å². The van der Waals surface area contributed by atoms with Crippen LogP contribution in [0.1, 0.15) is 45.4 Å². The predicted octanol–water partition coefficient (Wildman–Crippen LogP) is 7.11. The van der Waals surface area contributed by atoms with Crippen LogP contribution in [-0.2, 0) is 4.79 Å². The maximum Gasteiger partial charge on any atom is 0.393 e. The minimum atomic E-state index is -8.24. The first kappa shape index (κ1) is 31.8. The number of rotatable bonds is 14. The second-order valence-electron chi connectivity index (χ2n) is 6.97. The summed E-state index contributed by atoms with van der Waals surface area (Å²) < 4.78 is 186. The van der Waals surface area contributed by atoms with Gasteiger partial charge >= 0.3 is 40.9 Å². The smallest absolute Gasteiger partial charge is 0.351 e. The fraction of sp³-hybridized carbons (Fsp3) is 0.938. The van der Waals surface area contributed by atoms with Crippen molar-refractivity contribution in [3.8, 4) is 0 Å². The summed E-state index contributed by atoms with van der Waals surface area (Å²) in [5.74, 6) is -50.0.